The number of hydrogen-bond acceptors (Lipinski definition) is 4. The number of fused-ring (bicyclic) bond motifs is 2. The van der Waals surface area contributed by atoms with Gasteiger partial charge in [0.15, 0.2) is 5.65 Å². The molecule has 0 aliphatic heterocycles. The van der Waals surface area contributed by atoms with Crippen LogP contribution in [0.25, 0.3) is 22.1 Å². The van der Waals surface area contributed by atoms with E-state index >= 15 is 0 Å². The highest BCUT2D eigenvalue weighted by molar-refractivity contribution is 6.01. The lowest BCUT2D eigenvalue weighted by Crippen LogP contribution is -2.32. The van der Waals surface area contributed by atoms with Crippen LogP contribution < -0.4 is 10.9 Å². The zero-order chi connectivity index (χ0) is 28.4. The van der Waals surface area contributed by atoms with Crippen molar-refractivity contribution in [3.05, 3.63) is 130 Å². The Hall–Kier alpha value is -5.22. The Balaban J connectivity index is 1.67. The Morgan fingerprint density at radius 1 is 1.12 bits per heavy atom. The first-order chi connectivity index (χ1) is 19.3. The third-order valence-electron chi connectivity index (χ3n) is 6.83. The summed E-state index contributed by atoms with van der Waals surface area (Å²) in [6, 6.07) is 16.5. The molecule has 0 aliphatic carbocycles. The van der Waals surface area contributed by atoms with E-state index in [0.717, 1.165) is 16.5 Å². The average molecular weight is 528 g/mol. The highest BCUT2D eigenvalue weighted by Gasteiger charge is 2.23. The van der Waals surface area contributed by atoms with E-state index in [1.165, 1.54) is 0 Å². The van der Waals surface area contributed by atoms with Crippen LogP contribution in [0.5, 0.6) is 0 Å². The van der Waals surface area contributed by atoms with Crippen LogP contribution in [0.3, 0.4) is 0 Å². The molecule has 2 aromatic carbocycles. The van der Waals surface area contributed by atoms with Crippen molar-refractivity contribution in [1.29, 1.82) is 0 Å². The molecule has 0 saturated carbocycles. The smallest absolute Gasteiger partial charge is 0.264 e. The normalized spacial score (nSPS) is 12.2. The summed E-state index contributed by atoms with van der Waals surface area (Å²) >= 11 is 0. The highest BCUT2D eigenvalue weighted by Crippen LogP contribution is 2.24. The van der Waals surface area contributed by atoms with E-state index in [2.05, 4.69) is 33.8 Å². The summed E-state index contributed by atoms with van der Waals surface area (Å²) in [5, 5.41) is 8.74. The largest absolute Gasteiger partial charge is 0.344 e. The molecule has 7 nitrogen and oxygen atoms in total. The quantitative estimate of drug-likeness (QED) is 0.237. The summed E-state index contributed by atoms with van der Waals surface area (Å²) in [5.41, 5.74) is 5.05. The predicted molar refractivity (Wildman–Crippen MR) is 159 cm³/mol. The van der Waals surface area contributed by atoms with E-state index in [1.807, 2.05) is 75.4 Å². The third kappa shape index (κ3) is 4.83. The number of rotatable bonds is 5. The van der Waals surface area contributed by atoms with Gasteiger partial charge >= 0.3 is 0 Å². The van der Waals surface area contributed by atoms with Crippen LogP contribution in [0.2, 0.25) is 0 Å². The predicted octanol–water partition coefficient (Wildman–Crippen LogP) is 5.63. The summed E-state index contributed by atoms with van der Waals surface area (Å²) in [4.78, 5) is 32.1. The van der Waals surface area contributed by atoms with Crippen molar-refractivity contribution in [2.45, 2.75) is 33.7 Å². The van der Waals surface area contributed by atoms with Gasteiger partial charge in [-0.2, -0.15) is 5.10 Å². The third-order valence-corrected chi connectivity index (χ3v) is 6.83. The minimum atomic E-state index is -0.519. The first-order valence-corrected chi connectivity index (χ1v) is 13.0. The van der Waals surface area contributed by atoms with E-state index in [1.54, 1.807) is 40.5 Å². The number of pyridine rings is 1. The van der Waals surface area contributed by atoms with Crippen LogP contribution in [0.15, 0.2) is 96.1 Å². The molecule has 1 amide bonds. The van der Waals surface area contributed by atoms with Gasteiger partial charge in [0.2, 0.25) is 0 Å². The van der Waals surface area contributed by atoms with Crippen LogP contribution >= 0.6 is 0 Å². The Labute approximate surface area is 232 Å². The maximum absolute atomic E-state index is 14.2. The molecule has 0 aliphatic rings. The molecule has 1 atom stereocenters. The molecule has 0 unspecified atom stereocenters. The molecule has 3 aromatic heterocycles. The molecule has 1 N–H and O–H groups in total. The molecular formula is C33H29N5O2. The molecule has 0 radical (unpaired) electrons. The number of allylic oxidation sites excluding steroid dienone is 3. The number of aromatic nitrogens is 4. The summed E-state index contributed by atoms with van der Waals surface area (Å²) in [6.45, 7) is 11.3. The molecule has 40 heavy (non-hydrogen) atoms. The van der Waals surface area contributed by atoms with Gasteiger partial charge in [-0.25, -0.2) is 9.50 Å². The van der Waals surface area contributed by atoms with Gasteiger partial charge in [0, 0.05) is 34.9 Å². The maximum Gasteiger partial charge on any atom is 0.264 e. The minimum Gasteiger partial charge on any atom is -0.344 e. The Kier molecular flexibility index (Phi) is 7.17. The first kappa shape index (κ1) is 26.4. The van der Waals surface area contributed by atoms with Gasteiger partial charge in [-0.1, -0.05) is 60.4 Å². The molecule has 0 bridgehead atoms. The number of nitrogens with zero attached hydrogens (tertiary/aromatic N) is 4. The van der Waals surface area contributed by atoms with Crippen LogP contribution in [0, 0.1) is 25.7 Å². The Bertz CT molecular complexity index is 1930. The lowest BCUT2D eigenvalue weighted by atomic mass is 10.0. The van der Waals surface area contributed by atoms with Crippen LogP contribution in [0.4, 0.5) is 0 Å². The number of aryl methyl sites for hydroxylation is 2. The van der Waals surface area contributed by atoms with Gasteiger partial charge in [-0.15, -0.1) is 0 Å². The summed E-state index contributed by atoms with van der Waals surface area (Å²) in [6.07, 6.45) is 6.94. The van der Waals surface area contributed by atoms with Crippen LogP contribution in [-0.2, 0) is 0 Å². The van der Waals surface area contributed by atoms with E-state index in [4.69, 9.17) is 0 Å². The number of carbonyl (C=O) groups is 1. The number of nitrogens with one attached hydrogen (secondary N) is 1. The van der Waals surface area contributed by atoms with Gasteiger partial charge < -0.3 is 5.32 Å². The highest BCUT2D eigenvalue weighted by atomic mass is 16.2. The van der Waals surface area contributed by atoms with Crippen LogP contribution in [0.1, 0.15) is 52.8 Å². The first-order valence-electron chi connectivity index (χ1n) is 13.0. The maximum atomic E-state index is 14.2. The van der Waals surface area contributed by atoms with E-state index < -0.39 is 6.04 Å². The fourth-order valence-electron chi connectivity index (χ4n) is 4.75. The monoisotopic (exact) mass is 527 g/mol. The fourth-order valence-corrected chi connectivity index (χ4v) is 4.75. The average Bonchev–Trinajstić information content (AvgIpc) is 3.29. The van der Waals surface area contributed by atoms with Crippen molar-refractivity contribution in [1.82, 2.24) is 24.5 Å². The minimum absolute atomic E-state index is 0.211. The molecule has 0 saturated heterocycles. The number of amides is 1. The fraction of sp³-hybridized carbons (Fsp3) is 0.152. The van der Waals surface area contributed by atoms with Crippen molar-refractivity contribution < 1.29 is 4.79 Å². The number of benzene rings is 2. The lowest BCUT2D eigenvalue weighted by molar-refractivity contribution is 0.0939. The molecule has 0 spiro atoms. The van der Waals surface area contributed by atoms with Crippen LogP contribution in [-0.4, -0.2) is 25.1 Å². The molecule has 3 heterocycles. The molecular weight excluding hydrogens is 498 g/mol. The molecule has 5 rings (SSSR count). The van der Waals surface area contributed by atoms with Crippen molar-refractivity contribution in [2.75, 3.05) is 0 Å². The van der Waals surface area contributed by atoms with E-state index in [0.29, 0.717) is 39.2 Å². The van der Waals surface area contributed by atoms with E-state index in [9.17, 15) is 9.59 Å². The van der Waals surface area contributed by atoms with Crippen molar-refractivity contribution >= 4 is 22.3 Å². The van der Waals surface area contributed by atoms with Crippen molar-refractivity contribution in [3.8, 4) is 17.5 Å². The topological polar surface area (TPSA) is 81.3 Å². The standard InChI is InChI=1S/C33H29N5O2/c1-6-24(7-2)14-15-25-10-8-11-26-20-28(38(33(40)30(25)26)27-16-12-21(3)13-17-27)22(4)35-32(39)29-23(5)36-37-19-9-18-34-31(29)37/h6-13,16-20,22H,1H2,2-5H3,(H,35,39)/b24-7+/t22-/m1/s1. The van der Waals surface area contributed by atoms with Gasteiger partial charge in [-0.3, -0.25) is 14.2 Å². The molecule has 198 valence electrons. The van der Waals surface area contributed by atoms with Gasteiger partial charge in [-0.05, 0) is 63.4 Å². The SMILES string of the molecule is C=C/C(C#Cc1cccc2cc([C@@H](C)NC(=O)c3c(C)nn4cccnc34)n(-c3ccc(C)cc3)c(=O)c12)=C\C. The van der Waals surface area contributed by atoms with E-state index in [-0.39, 0.29) is 11.5 Å². The second-order valence-electron chi connectivity index (χ2n) is 9.56. The number of hydrogen-bond donors (Lipinski definition) is 1. The Morgan fingerprint density at radius 2 is 1.90 bits per heavy atom. The zero-order valence-electron chi connectivity index (χ0n) is 22.9. The zero-order valence-corrected chi connectivity index (χ0v) is 22.9. The number of carbonyl (C=O) groups excluding carboxylic acids is 1. The van der Waals surface area contributed by atoms with Gasteiger partial charge in [0.05, 0.1) is 17.1 Å². The van der Waals surface area contributed by atoms with Crippen molar-refractivity contribution in [2.24, 2.45) is 0 Å². The summed E-state index contributed by atoms with van der Waals surface area (Å²) in [5.74, 6) is 5.93. The lowest BCUT2D eigenvalue weighted by Gasteiger charge is -2.21. The Morgan fingerprint density at radius 3 is 2.62 bits per heavy atom. The molecule has 0 fully saturated rings. The summed E-state index contributed by atoms with van der Waals surface area (Å²) in [7, 11) is 0. The molecule has 5 aromatic rings. The van der Waals surface area contributed by atoms with Gasteiger partial charge in [0.25, 0.3) is 11.5 Å². The van der Waals surface area contributed by atoms with Crippen molar-refractivity contribution in [3.63, 3.8) is 0 Å². The van der Waals surface area contributed by atoms with Gasteiger partial charge in [0.1, 0.15) is 5.56 Å². The second-order valence-corrected chi connectivity index (χ2v) is 9.56. The summed E-state index contributed by atoms with van der Waals surface area (Å²) < 4.78 is 3.24. The molecule has 7 heteroatoms. The second kappa shape index (κ2) is 10.9.